The molecule has 0 aliphatic heterocycles. The molecular weight excluding hydrogens is 282 g/mol. The van der Waals surface area contributed by atoms with Gasteiger partial charge in [-0.15, -0.1) is 0 Å². The van der Waals surface area contributed by atoms with Crippen LogP contribution in [0.4, 0.5) is 0 Å². The second kappa shape index (κ2) is 3.50. The van der Waals surface area contributed by atoms with Crippen LogP contribution in [-0.4, -0.2) is 56.9 Å². The minimum atomic E-state index is -0.894. The van der Waals surface area contributed by atoms with Gasteiger partial charge in [-0.2, -0.15) is 0 Å². The van der Waals surface area contributed by atoms with Gasteiger partial charge in [-0.05, 0) is 0 Å². The SMILES string of the molecule is CP(C)(=[Se])NP(C)(C)=[Se]. The van der Waals surface area contributed by atoms with E-state index in [1.54, 1.807) is 0 Å². The first-order chi connectivity index (χ1) is 3.71. The van der Waals surface area contributed by atoms with Crippen molar-refractivity contribution in [3.05, 3.63) is 0 Å². The third kappa shape index (κ3) is 9.86. The van der Waals surface area contributed by atoms with Crippen molar-refractivity contribution in [3.63, 3.8) is 0 Å². The van der Waals surface area contributed by atoms with E-state index in [0.29, 0.717) is 0 Å². The number of rotatable bonds is 2. The Balaban J connectivity index is 4.07. The molecule has 0 aliphatic rings. The van der Waals surface area contributed by atoms with Crippen molar-refractivity contribution in [1.29, 1.82) is 0 Å². The molecule has 0 atom stereocenters. The fraction of sp³-hybridized carbons (Fsp3) is 1.00. The van der Waals surface area contributed by atoms with Gasteiger partial charge in [0.2, 0.25) is 0 Å². The summed E-state index contributed by atoms with van der Waals surface area (Å²) in [7, 11) is 0. The van der Waals surface area contributed by atoms with Crippen molar-refractivity contribution in [3.8, 4) is 0 Å². The molecule has 1 nitrogen and oxygen atoms in total. The molecule has 0 saturated heterocycles. The van der Waals surface area contributed by atoms with Gasteiger partial charge in [0.15, 0.2) is 0 Å². The van der Waals surface area contributed by atoms with Crippen LogP contribution in [0.3, 0.4) is 0 Å². The molecule has 0 aromatic rings. The zero-order valence-electron chi connectivity index (χ0n) is 6.21. The Bertz CT molecular complexity index is 157. The third-order valence-corrected chi connectivity index (χ3v) is 7.42. The summed E-state index contributed by atoms with van der Waals surface area (Å²) < 4.78 is 0. The first-order valence-corrected chi connectivity index (χ1v) is 12.4. The van der Waals surface area contributed by atoms with Gasteiger partial charge < -0.3 is 0 Å². The Hall–Kier alpha value is 1.86. The molecule has 0 saturated carbocycles. The molecule has 0 aromatic heterocycles. The van der Waals surface area contributed by atoms with Gasteiger partial charge >= 0.3 is 73.0 Å². The maximum absolute atomic E-state index is 3.57. The molecule has 0 spiro atoms. The van der Waals surface area contributed by atoms with E-state index < -0.39 is 11.3 Å². The van der Waals surface area contributed by atoms with Crippen LogP contribution < -0.4 is 4.86 Å². The topological polar surface area (TPSA) is 12.0 Å². The van der Waals surface area contributed by atoms with Gasteiger partial charge in [-0.25, -0.2) is 0 Å². The van der Waals surface area contributed by atoms with Gasteiger partial charge in [-0.3, -0.25) is 0 Å². The van der Waals surface area contributed by atoms with Crippen LogP contribution in [0.1, 0.15) is 0 Å². The average molecular weight is 295 g/mol. The van der Waals surface area contributed by atoms with E-state index in [9.17, 15) is 0 Å². The zero-order chi connectivity index (χ0) is 7.71. The Morgan fingerprint density at radius 1 is 0.889 bits per heavy atom. The van der Waals surface area contributed by atoms with Crippen molar-refractivity contribution < 1.29 is 0 Å². The van der Waals surface area contributed by atoms with E-state index in [2.05, 4.69) is 61.7 Å². The van der Waals surface area contributed by atoms with E-state index in [1.807, 2.05) is 0 Å². The Labute approximate surface area is 72.9 Å². The monoisotopic (exact) mass is 297 g/mol. The minimum absolute atomic E-state index is 0.894. The molecule has 0 fully saturated rings. The van der Waals surface area contributed by atoms with Crippen LogP contribution in [0.25, 0.3) is 0 Å². The van der Waals surface area contributed by atoms with Crippen molar-refractivity contribution in [2.45, 2.75) is 0 Å². The van der Waals surface area contributed by atoms with Crippen molar-refractivity contribution in [2.24, 2.45) is 0 Å². The first-order valence-electron chi connectivity index (χ1n) is 2.60. The van der Waals surface area contributed by atoms with Crippen molar-refractivity contribution >= 4 is 41.5 Å². The predicted molar refractivity (Wildman–Crippen MR) is 52.2 cm³/mol. The molecule has 0 unspecified atom stereocenters. The Kier molecular flexibility index (Phi) is 4.23. The summed E-state index contributed by atoms with van der Waals surface area (Å²) in [5, 5.41) is 0. The van der Waals surface area contributed by atoms with Crippen molar-refractivity contribution in [1.82, 2.24) is 4.86 Å². The quantitative estimate of drug-likeness (QED) is 0.595. The fourth-order valence-corrected chi connectivity index (χ4v) is 15.3. The van der Waals surface area contributed by atoms with Crippen LogP contribution in [-0.2, 0) is 0 Å². The van der Waals surface area contributed by atoms with E-state index >= 15 is 0 Å². The van der Waals surface area contributed by atoms with E-state index in [0.717, 1.165) is 0 Å². The molecule has 0 radical (unpaired) electrons. The van der Waals surface area contributed by atoms with Crippen molar-refractivity contribution in [2.75, 3.05) is 26.7 Å². The molecule has 0 aliphatic carbocycles. The summed E-state index contributed by atoms with van der Waals surface area (Å²) in [6.45, 7) is 8.97. The predicted octanol–water partition coefficient (Wildman–Crippen LogP) is 1.13. The van der Waals surface area contributed by atoms with Crippen LogP contribution in [0.2, 0.25) is 0 Å². The second-order valence-electron chi connectivity index (χ2n) is 2.80. The number of nitrogens with one attached hydrogen (secondary N) is 1. The van der Waals surface area contributed by atoms with E-state index in [4.69, 9.17) is 0 Å². The molecule has 0 rings (SSSR count). The molecule has 1 N–H and O–H groups in total. The Morgan fingerprint density at radius 3 is 1.11 bits per heavy atom. The molecule has 0 bridgehead atoms. The summed E-state index contributed by atoms with van der Waals surface area (Å²) >= 11 is 6.36. The standard InChI is InChI=1S/C4H13NP2Se2/c1-6(2,8)5-7(3,4)9/h1-4H3,(H,5,8,9). The first kappa shape index (κ1) is 10.9. The van der Waals surface area contributed by atoms with Crippen LogP contribution in [0.15, 0.2) is 0 Å². The molecule has 0 heterocycles. The number of hydrogen-bond donors (Lipinski definition) is 1. The second-order valence-corrected chi connectivity index (χ2v) is 20.5. The molecule has 5 heteroatoms. The fourth-order valence-electron chi connectivity index (χ4n) is 0.580. The average Bonchev–Trinajstić information content (AvgIpc) is 1.14. The summed E-state index contributed by atoms with van der Waals surface area (Å²) in [6, 6.07) is 0. The molecule has 56 valence electrons. The van der Waals surface area contributed by atoms with Crippen LogP contribution in [0.5, 0.6) is 0 Å². The number of hydrogen-bond acceptors (Lipinski definition) is 1. The molecule has 0 aromatic carbocycles. The van der Waals surface area contributed by atoms with Crippen LogP contribution in [0, 0.1) is 0 Å². The third-order valence-electron chi connectivity index (χ3n) is 0.482. The summed E-state index contributed by atoms with van der Waals surface area (Å²) in [4.78, 5) is 3.57. The molecule has 0 amide bonds. The van der Waals surface area contributed by atoms with E-state index in [1.165, 1.54) is 0 Å². The maximum atomic E-state index is 3.57. The Morgan fingerprint density at radius 2 is 1.11 bits per heavy atom. The van der Waals surface area contributed by atoms with Gasteiger partial charge in [0.05, 0.1) is 0 Å². The summed E-state index contributed by atoms with van der Waals surface area (Å²) in [5.74, 6) is 0. The molecular formula is C4H13NP2Se2. The van der Waals surface area contributed by atoms with Gasteiger partial charge in [0, 0.05) is 0 Å². The molecule has 9 heavy (non-hydrogen) atoms. The summed E-state index contributed by atoms with van der Waals surface area (Å²) in [5.41, 5.74) is -1.79. The van der Waals surface area contributed by atoms with Gasteiger partial charge in [-0.1, -0.05) is 0 Å². The van der Waals surface area contributed by atoms with Crippen LogP contribution >= 0.6 is 11.3 Å². The van der Waals surface area contributed by atoms with E-state index in [-0.39, 0.29) is 0 Å². The normalized spacial score (nSPS) is 13.8. The van der Waals surface area contributed by atoms with Gasteiger partial charge in [0.25, 0.3) is 0 Å². The van der Waals surface area contributed by atoms with Gasteiger partial charge in [0.1, 0.15) is 0 Å². The summed E-state index contributed by atoms with van der Waals surface area (Å²) in [6.07, 6.45) is 0. The zero-order valence-corrected chi connectivity index (χ0v) is 11.4.